The Labute approximate surface area is 155 Å². The van der Waals surface area contributed by atoms with Crippen LogP contribution in [0.25, 0.3) is 0 Å². The standard InChI is InChI=1S/C19H29N3O4/c1-5-25-17(23)12-16-14-22(18(24)26-19(2,3)4)11-10-21(16)13-15-6-8-20-9-7-15/h6-9,16H,5,10-14H2,1-4H3/t16-/m0/s1. The molecule has 1 aliphatic heterocycles. The van der Waals surface area contributed by atoms with Crippen molar-refractivity contribution in [1.82, 2.24) is 14.8 Å². The van der Waals surface area contributed by atoms with E-state index in [1.54, 1.807) is 24.2 Å². The Morgan fingerprint density at radius 3 is 2.54 bits per heavy atom. The Balaban J connectivity index is 2.06. The number of hydrogen-bond donors (Lipinski definition) is 0. The van der Waals surface area contributed by atoms with Gasteiger partial charge in [-0.05, 0) is 45.4 Å². The first-order chi connectivity index (χ1) is 12.3. The number of carbonyl (C=O) groups is 2. The van der Waals surface area contributed by atoms with Crippen molar-refractivity contribution in [3.8, 4) is 0 Å². The molecule has 0 unspecified atom stereocenters. The minimum Gasteiger partial charge on any atom is -0.466 e. The van der Waals surface area contributed by atoms with E-state index in [2.05, 4.69) is 9.88 Å². The van der Waals surface area contributed by atoms with Crippen molar-refractivity contribution in [3.05, 3.63) is 30.1 Å². The Morgan fingerprint density at radius 1 is 1.23 bits per heavy atom. The molecule has 1 atom stereocenters. The quantitative estimate of drug-likeness (QED) is 0.749. The minimum atomic E-state index is -0.540. The molecule has 1 aromatic heterocycles. The SMILES string of the molecule is CCOC(=O)C[C@H]1CN(C(=O)OC(C)(C)C)CCN1Cc1ccncc1. The highest BCUT2D eigenvalue weighted by Crippen LogP contribution is 2.19. The van der Waals surface area contributed by atoms with Crippen LogP contribution in [0.5, 0.6) is 0 Å². The molecular weight excluding hydrogens is 334 g/mol. The molecule has 1 aromatic rings. The van der Waals surface area contributed by atoms with Crippen LogP contribution < -0.4 is 0 Å². The van der Waals surface area contributed by atoms with Crippen molar-refractivity contribution in [1.29, 1.82) is 0 Å². The minimum absolute atomic E-state index is 0.108. The fourth-order valence-corrected chi connectivity index (χ4v) is 2.92. The first-order valence-electron chi connectivity index (χ1n) is 9.05. The predicted molar refractivity (Wildman–Crippen MR) is 97.5 cm³/mol. The second kappa shape index (κ2) is 8.98. The number of esters is 1. The fraction of sp³-hybridized carbons (Fsp3) is 0.632. The number of ether oxygens (including phenoxy) is 2. The maximum Gasteiger partial charge on any atom is 0.410 e. The molecule has 0 bridgehead atoms. The zero-order chi connectivity index (χ0) is 19.2. The van der Waals surface area contributed by atoms with Gasteiger partial charge in [0.05, 0.1) is 13.0 Å². The van der Waals surface area contributed by atoms with Gasteiger partial charge >= 0.3 is 12.1 Å². The highest BCUT2D eigenvalue weighted by atomic mass is 16.6. The van der Waals surface area contributed by atoms with Gasteiger partial charge in [-0.25, -0.2) is 4.79 Å². The number of nitrogens with zero attached hydrogens (tertiary/aromatic N) is 3. The van der Waals surface area contributed by atoms with Crippen LogP contribution in [0.3, 0.4) is 0 Å². The van der Waals surface area contributed by atoms with Gasteiger partial charge in [-0.3, -0.25) is 14.7 Å². The molecule has 0 spiro atoms. The van der Waals surface area contributed by atoms with Crippen molar-refractivity contribution in [2.24, 2.45) is 0 Å². The third-order valence-corrected chi connectivity index (χ3v) is 4.10. The van der Waals surface area contributed by atoms with Crippen LogP contribution in [0.2, 0.25) is 0 Å². The lowest BCUT2D eigenvalue weighted by Crippen LogP contribution is -2.55. The average Bonchev–Trinajstić information content (AvgIpc) is 2.56. The number of amides is 1. The second-order valence-electron chi connectivity index (χ2n) is 7.42. The molecule has 144 valence electrons. The number of hydrogen-bond acceptors (Lipinski definition) is 6. The van der Waals surface area contributed by atoms with E-state index in [1.807, 2.05) is 32.9 Å². The van der Waals surface area contributed by atoms with E-state index >= 15 is 0 Å². The van der Waals surface area contributed by atoms with Gasteiger partial charge in [0.1, 0.15) is 5.60 Å². The van der Waals surface area contributed by atoms with Gasteiger partial charge in [0.25, 0.3) is 0 Å². The number of rotatable bonds is 5. The summed E-state index contributed by atoms with van der Waals surface area (Å²) in [4.78, 5) is 32.3. The maximum atomic E-state index is 12.4. The smallest absolute Gasteiger partial charge is 0.410 e. The lowest BCUT2D eigenvalue weighted by molar-refractivity contribution is -0.145. The number of aromatic nitrogens is 1. The molecule has 1 aliphatic rings. The van der Waals surface area contributed by atoms with E-state index < -0.39 is 5.60 Å². The van der Waals surface area contributed by atoms with E-state index in [-0.39, 0.29) is 24.5 Å². The lowest BCUT2D eigenvalue weighted by atomic mass is 10.1. The van der Waals surface area contributed by atoms with Crippen LogP contribution in [0, 0.1) is 0 Å². The summed E-state index contributed by atoms with van der Waals surface area (Å²) < 4.78 is 10.6. The van der Waals surface area contributed by atoms with Gasteiger partial charge < -0.3 is 14.4 Å². The largest absolute Gasteiger partial charge is 0.466 e. The topological polar surface area (TPSA) is 72.0 Å². The van der Waals surface area contributed by atoms with Crippen LogP contribution in [0.1, 0.15) is 39.7 Å². The summed E-state index contributed by atoms with van der Waals surface area (Å²) >= 11 is 0. The Bertz CT molecular complexity index is 601. The summed E-state index contributed by atoms with van der Waals surface area (Å²) in [6.45, 7) is 10.1. The molecule has 0 aliphatic carbocycles. The molecule has 0 radical (unpaired) electrons. The monoisotopic (exact) mass is 363 g/mol. The third kappa shape index (κ3) is 6.29. The van der Waals surface area contributed by atoms with Gasteiger partial charge in [-0.15, -0.1) is 0 Å². The summed E-state index contributed by atoms with van der Waals surface area (Å²) in [7, 11) is 0. The van der Waals surface area contributed by atoms with Gasteiger partial charge in [-0.1, -0.05) is 0 Å². The van der Waals surface area contributed by atoms with Gasteiger partial charge in [0.15, 0.2) is 0 Å². The summed E-state index contributed by atoms with van der Waals surface area (Å²) in [6.07, 6.45) is 3.42. The van der Waals surface area contributed by atoms with Crippen molar-refractivity contribution in [2.45, 2.75) is 52.3 Å². The van der Waals surface area contributed by atoms with Crippen LogP contribution in [0.4, 0.5) is 4.79 Å². The first-order valence-corrected chi connectivity index (χ1v) is 9.05. The Hall–Kier alpha value is -2.15. The Morgan fingerprint density at radius 2 is 1.92 bits per heavy atom. The zero-order valence-electron chi connectivity index (χ0n) is 16.1. The summed E-state index contributed by atoms with van der Waals surface area (Å²) in [6, 6.07) is 3.81. The number of pyridine rings is 1. The number of carbonyl (C=O) groups excluding carboxylic acids is 2. The van der Waals surface area contributed by atoms with Gasteiger partial charge in [-0.2, -0.15) is 0 Å². The maximum absolute atomic E-state index is 12.4. The third-order valence-electron chi connectivity index (χ3n) is 4.10. The summed E-state index contributed by atoms with van der Waals surface area (Å²) in [5, 5.41) is 0. The average molecular weight is 363 g/mol. The van der Waals surface area contributed by atoms with Crippen LogP contribution in [0.15, 0.2) is 24.5 Å². The molecule has 1 fully saturated rings. The normalized spacial score (nSPS) is 18.5. The van der Waals surface area contributed by atoms with E-state index in [1.165, 1.54) is 0 Å². The fourth-order valence-electron chi connectivity index (χ4n) is 2.92. The molecule has 0 N–H and O–H groups in total. The van der Waals surface area contributed by atoms with Crippen LogP contribution in [-0.2, 0) is 20.8 Å². The molecule has 7 nitrogen and oxygen atoms in total. The van der Waals surface area contributed by atoms with Crippen molar-refractivity contribution < 1.29 is 19.1 Å². The summed E-state index contributed by atoms with van der Waals surface area (Å²) in [5.74, 6) is -0.247. The molecule has 1 amide bonds. The summed E-state index contributed by atoms with van der Waals surface area (Å²) in [5.41, 5.74) is 0.585. The number of piperazine rings is 1. The molecule has 7 heteroatoms. The highest BCUT2D eigenvalue weighted by Gasteiger charge is 2.33. The van der Waals surface area contributed by atoms with Gasteiger partial charge in [0.2, 0.25) is 0 Å². The molecule has 0 saturated carbocycles. The van der Waals surface area contributed by atoms with Gasteiger partial charge in [0, 0.05) is 44.6 Å². The Kier molecular flexibility index (Phi) is 6.97. The van der Waals surface area contributed by atoms with Crippen molar-refractivity contribution in [2.75, 3.05) is 26.2 Å². The predicted octanol–water partition coefficient (Wildman–Crippen LogP) is 2.46. The molecule has 2 rings (SSSR count). The zero-order valence-corrected chi connectivity index (χ0v) is 16.1. The highest BCUT2D eigenvalue weighted by molar-refractivity contribution is 5.71. The van der Waals surface area contributed by atoms with E-state index in [0.29, 0.717) is 32.8 Å². The van der Waals surface area contributed by atoms with Crippen molar-refractivity contribution in [3.63, 3.8) is 0 Å². The van der Waals surface area contributed by atoms with Crippen LogP contribution in [-0.4, -0.2) is 64.7 Å². The molecule has 2 heterocycles. The first kappa shape index (κ1) is 20.2. The van der Waals surface area contributed by atoms with Crippen LogP contribution >= 0.6 is 0 Å². The molecule has 0 aromatic carbocycles. The molecule has 26 heavy (non-hydrogen) atoms. The lowest BCUT2D eigenvalue weighted by Gasteiger charge is -2.41. The second-order valence-corrected chi connectivity index (χ2v) is 7.42. The molecule has 1 saturated heterocycles. The van der Waals surface area contributed by atoms with E-state index in [0.717, 1.165) is 5.56 Å². The molecular formula is C19H29N3O4. The van der Waals surface area contributed by atoms with E-state index in [4.69, 9.17) is 9.47 Å². The van der Waals surface area contributed by atoms with E-state index in [9.17, 15) is 9.59 Å². The van der Waals surface area contributed by atoms with Crippen molar-refractivity contribution >= 4 is 12.1 Å².